The highest BCUT2D eigenvalue weighted by molar-refractivity contribution is 6.31. The molecule has 2 rings (SSSR count). The lowest BCUT2D eigenvalue weighted by atomic mass is 10.0. The van der Waals surface area contributed by atoms with E-state index in [4.69, 9.17) is 11.6 Å². The van der Waals surface area contributed by atoms with Crippen molar-refractivity contribution in [3.8, 4) is 0 Å². The Balaban J connectivity index is 2.35. The fourth-order valence-corrected chi connectivity index (χ4v) is 2.54. The summed E-state index contributed by atoms with van der Waals surface area (Å²) in [5, 5.41) is -0.0820. The SMILES string of the molecule is Cc1[nH]cc(C(=O)N2CCCC[C@@H]2C(F)F)c(=O)c1Cl. The molecule has 7 heteroatoms. The van der Waals surface area contributed by atoms with E-state index in [1.54, 1.807) is 6.92 Å². The van der Waals surface area contributed by atoms with Crippen molar-refractivity contribution in [1.29, 1.82) is 0 Å². The van der Waals surface area contributed by atoms with Gasteiger partial charge >= 0.3 is 0 Å². The summed E-state index contributed by atoms with van der Waals surface area (Å²) < 4.78 is 26.0. The van der Waals surface area contributed by atoms with E-state index in [2.05, 4.69) is 4.98 Å². The number of rotatable bonds is 2. The molecule has 0 aromatic carbocycles. The second-order valence-corrected chi connectivity index (χ2v) is 5.24. The van der Waals surface area contributed by atoms with Crippen molar-refractivity contribution in [2.24, 2.45) is 0 Å². The molecule has 4 nitrogen and oxygen atoms in total. The summed E-state index contributed by atoms with van der Waals surface area (Å²) in [5.41, 5.74) is -0.364. The zero-order valence-electron chi connectivity index (χ0n) is 11.0. The van der Waals surface area contributed by atoms with Crippen molar-refractivity contribution in [2.75, 3.05) is 6.54 Å². The Kier molecular flexibility index (Phi) is 4.42. The van der Waals surface area contributed by atoms with Gasteiger partial charge in [0.1, 0.15) is 10.6 Å². The number of carbonyl (C=O) groups excluding carboxylic acids is 1. The van der Waals surface area contributed by atoms with Gasteiger partial charge in [0.15, 0.2) is 0 Å². The molecule has 1 fully saturated rings. The number of nitrogens with one attached hydrogen (secondary N) is 1. The van der Waals surface area contributed by atoms with Gasteiger partial charge in [0, 0.05) is 18.4 Å². The van der Waals surface area contributed by atoms with Gasteiger partial charge < -0.3 is 9.88 Å². The summed E-state index contributed by atoms with van der Waals surface area (Å²) >= 11 is 5.80. The van der Waals surface area contributed by atoms with Crippen LogP contribution < -0.4 is 5.43 Å². The number of aromatic nitrogens is 1. The zero-order valence-corrected chi connectivity index (χ0v) is 11.7. The van der Waals surface area contributed by atoms with Gasteiger partial charge in [-0.3, -0.25) is 9.59 Å². The Hall–Kier alpha value is -1.43. The van der Waals surface area contributed by atoms with Crippen LogP contribution in [0.1, 0.15) is 35.3 Å². The largest absolute Gasteiger partial charge is 0.363 e. The molecule has 110 valence electrons. The molecule has 0 spiro atoms. The molecule has 1 aliphatic heterocycles. The maximum atomic E-state index is 13.0. The third kappa shape index (κ3) is 2.70. The van der Waals surface area contributed by atoms with Crippen molar-refractivity contribution < 1.29 is 13.6 Å². The van der Waals surface area contributed by atoms with E-state index >= 15 is 0 Å². The van der Waals surface area contributed by atoms with Crippen LogP contribution in [0.15, 0.2) is 11.0 Å². The number of aryl methyl sites for hydroxylation is 1. The first-order valence-electron chi connectivity index (χ1n) is 6.40. The molecule has 0 bridgehead atoms. The molecule has 1 aromatic rings. The van der Waals surface area contributed by atoms with Crippen LogP contribution in [0.2, 0.25) is 5.02 Å². The molecule has 1 amide bonds. The Labute approximate surface area is 119 Å². The fraction of sp³-hybridized carbons (Fsp3) is 0.538. The first kappa shape index (κ1) is 15.0. The summed E-state index contributed by atoms with van der Waals surface area (Å²) in [6.07, 6.45) is 0.194. The van der Waals surface area contributed by atoms with Crippen LogP contribution in [0.3, 0.4) is 0 Å². The molecular weight excluding hydrogens is 290 g/mol. The predicted octanol–water partition coefficient (Wildman–Crippen LogP) is 2.60. The standard InChI is InChI=1S/C13H15ClF2N2O2/c1-7-10(14)11(19)8(6-17-7)13(20)18-5-3-2-4-9(18)12(15)16/h6,9,12H,2-5H2,1H3,(H,17,19)/t9-/m1/s1. The van der Waals surface area contributed by atoms with Crippen molar-refractivity contribution in [2.45, 2.75) is 38.7 Å². The quantitative estimate of drug-likeness (QED) is 0.913. The second kappa shape index (κ2) is 5.91. The number of alkyl halides is 2. The number of hydrogen-bond acceptors (Lipinski definition) is 2. The van der Waals surface area contributed by atoms with Gasteiger partial charge in [-0.05, 0) is 26.2 Å². The lowest BCUT2D eigenvalue weighted by Gasteiger charge is -2.35. The maximum Gasteiger partial charge on any atom is 0.259 e. The minimum atomic E-state index is -2.61. The number of piperidine rings is 1. The lowest BCUT2D eigenvalue weighted by Crippen LogP contribution is -2.48. The number of aromatic amines is 1. The molecular formula is C13H15ClF2N2O2. The molecule has 2 heterocycles. The Bertz CT molecular complexity index is 574. The number of halogens is 3. The van der Waals surface area contributed by atoms with Gasteiger partial charge in [0.2, 0.25) is 5.43 Å². The van der Waals surface area contributed by atoms with E-state index in [1.807, 2.05) is 0 Å². The monoisotopic (exact) mass is 304 g/mol. The summed E-state index contributed by atoms with van der Waals surface area (Å²) in [7, 11) is 0. The van der Waals surface area contributed by atoms with Crippen LogP contribution in [-0.4, -0.2) is 34.8 Å². The Morgan fingerprint density at radius 2 is 2.20 bits per heavy atom. The number of likely N-dealkylation sites (tertiary alicyclic amines) is 1. The molecule has 1 atom stereocenters. The van der Waals surface area contributed by atoms with Gasteiger partial charge in [-0.2, -0.15) is 0 Å². The van der Waals surface area contributed by atoms with Crippen LogP contribution in [-0.2, 0) is 0 Å². The average Bonchev–Trinajstić information content (AvgIpc) is 2.44. The van der Waals surface area contributed by atoms with Crippen molar-refractivity contribution in [3.05, 3.63) is 32.7 Å². The van der Waals surface area contributed by atoms with Crippen molar-refractivity contribution >= 4 is 17.5 Å². The minimum absolute atomic E-state index is 0.0820. The van der Waals surface area contributed by atoms with Crippen LogP contribution in [0.5, 0.6) is 0 Å². The molecule has 0 saturated carbocycles. The molecule has 0 radical (unpaired) electrons. The van der Waals surface area contributed by atoms with E-state index in [0.29, 0.717) is 18.5 Å². The van der Waals surface area contributed by atoms with Crippen LogP contribution in [0.4, 0.5) is 8.78 Å². The number of pyridine rings is 1. The lowest BCUT2D eigenvalue weighted by molar-refractivity contribution is 0.00674. The number of carbonyl (C=O) groups is 1. The smallest absolute Gasteiger partial charge is 0.259 e. The molecule has 1 N–H and O–H groups in total. The number of nitrogens with zero attached hydrogens (tertiary/aromatic N) is 1. The summed E-state index contributed by atoms with van der Waals surface area (Å²) in [6.45, 7) is 1.83. The van der Waals surface area contributed by atoms with Gasteiger partial charge in [0.05, 0.1) is 6.04 Å². The first-order chi connectivity index (χ1) is 9.43. The summed E-state index contributed by atoms with van der Waals surface area (Å²) in [5.74, 6) is -0.682. The van der Waals surface area contributed by atoms with Crippen molar-refractivity contribution in [1.82, 2.24) is 9.88 Å². The predicted molar refractivity (Wildman–Crippen MR) is 71.5 cm³/mol. The molecule has 0 unspecified atom stereocenters. The number of amides is 1. The normalized spacial score (nSPS) is 19.4. The van der Waals surface area contributed by atoms with Gasteiger partial charge in [-0.1, -0.05) is 11.6 Å². The van der Waals surface area contributed by atoms with Crippen molar-refractivity contribution in [3.63, 3.8) is 0 Å². The highest BCUT2D eigenvalue weighted by atomic mass is 35.5. The number of H-pyrrole nitrogens is 1. The summed E-state index contributed by atoms with van der Waals surface area (Å²) in [4.78, 5) is 28.1. The first-order valence-corrected chi connectivity index (χ1v) is 6.78. The molecule has 0 aliphatic carbocycles. The molecule has 1 aromatic heterocycles. The highest BCUT2D eigenvalue weighted by Crippen LogP contribution is 2.24. The maximum absolute atomic E-state index is 13.0. The third-order valence-electron chi connectivity index (χ3n) is 3.54. The fourth-order valence-electron chi connectivity index (χ4n) is 2.38. The molecule has 1 saturated heterocycles. The van der Waals surface area contributed by atoms with Crippen LogP contribution >= 0.6 is 11.6 Å². The molecule has 1 aliphatic rings. The van der Waals surface area contributed by atoms with Crippen LogP contribution in [0, 0.1) is 6.92 Å². The van der Waals surface area contributed by atoms with E-state index in [-0.39, 0.29) is 23.6 Å². The summed E-state index contributed by atoms with van der Waals surface area (Å²) in [6, 6.07) is -1.13. The van der Waals surface area contributed by atoms with E-state index in [9.17, 15) is 18.4 Å². The van der Waals surface area contributed by atoms with E-state index in [1.165, 1.54) is 6.20 Å². The zero-order chi connectivity index (χ0) is 14.9. The third-order valence-corrected chi connectivity index (χ3v) is 3.99. The van der Waals surface area contributed by atoms with Gasteiger partial charge in [0.25, 0.3) is 12.3 Å². The van der Waals surface area contributed by atoms with Gasteiger partial charge in [-0.25, -0.2) is 8.78 Å². The Morgan fingerprint density at radius 1 is 1.50 bits per heavy atom. The van der Waals surface area contributed by atoms with Crippen LogP contribution in [0.25, 0.3) is 0 Å². The number of hydrogen-bond donors (Lipinski definition) is 1. The average molecular weight is 305 g/mol. The van der Waals surface area contributed by atoms with Gasteiger partial charge in [-0.15, -0.1) is 0 Å². The molecule has 20 heavy (non-hydrogen) atoms. The van der Waals surface area contributed by atoms with E-state index < -0.39 is 23.8 Å². The van der Waals surface area contributed by atoms with E-state index in [0.717, 1.165) is 4.90 Å². The topological polar surface area (TPSA) is 53.2 Å². The second-order valence-electron chi connectivity index (χ2n) is 4.87. The Morgan fingerprint density at radius 3 is 2.85 bits per heavy atom. The highest BCUT2D eigenvalue weighted by Gasteiger charge is 2.34. The minimum Gasteiger partial charge on any atom is -0.363 e.